The summed E-state index contributed by atoms with van der Waals surface area (Å²) in [4.78, 5) is 4.14. The summed E-state index contributed by atoms with van der Waals surface area (Å²) in [5, 5.41) is 0. The second-order valence-electron chi connectivity index (χ2n) is 3.21. The molecular weight excluding hydrogens is 350 g/mol. The lowest BCUT2D eigenvalue weighted by Crippen LogP contribution is -1.91. The highest BCUT2D eigenvalue weighted by atomic mass is 79.9. The monoisotopic (exact) mass is 357 g/mol. The number of aromatic nitrogens is 1. The van der Waals surface area contributed by atoms with Crippen molar-refractivity contribution in [2.75, 3.05) is 7.11 Å². The van der Waals surface area contributed by atoms with Crippen molar-refractivity contribution in [3.63, 3.8) is 0 Å². The van der Waals surface area contributed by atoms with Crippen molar-refractivity contribution in [2.24, 2.45) is 0 Å². The molecule has 0 saturated carbocycles. The molecule has 0 unspecified atom stereocenters. The van der Waals surface area contributed by atoms with E-state index in [1.807, 2.05) is 24.3 Å². The first kappa shape index (κ1) is 12.4. The maximum absolute atomic E-state index is 5.65. The molecule has 5 heteroatoms. The summed E-state index contributed by atoms with van der Waals surface area (Å²) in [6.45, 7) is 0. The molecule has 0 saturated heterocycles. The minimum absolute atomic E-state index is 0.518. The number of halogens is 2. The van der Waals surface area contributed by atoms with Crippen LogP contribution in [0.4, 0.5) is 0 Å². The highest BCUT2D eigenvalue weighted by Gasteiger charge is 2.06. The maximum atomic E-state index is 5.65. The molecule has 0 spiro atoms. The molecule has 2 aromatic rings. The summed E-state index contributed by atoms with van der Waals surface area (Å²) in [7, 11) is 1.60. The summed E-state index contributed by atoms with van der Waals surface area (Å²) in [6.07, 6.45) is 1.68. The van der Waals surface area contributed by atoms with E-state index in [1.54, 1.807) is 19.4 Å². The van der Waals surface area contributed by atoms with Crippen molar-refractivity contribution in [2.45, 2.75) is 0 Å². The molecular formula is C12H9Br2NO2. The SMILES string of the molecule is COc1ccc(Br)cc1Oc1ccc(Br)cn1. The molecule has 17 heavy (non-hydrogen) atoms. The van der Waals surface area contributed by atoms with E-state index in [1.165, 1.54) is 0 Å². The largest absolute Gasteiger partial charge is 0.493 e. The number of nitrogens with zero attached hydrogens (tertiary/aromatic N) is 1. The first-order valence-electron chi connectivity index (χ1n) is 4.82. The Kier molecular flexibility index (Phi) is 4.02. The predicted molar refractivity (Wildman–Crippen MR) is 72.7 cm³/mol. The predicted octanol–water partition coefficient (Wildman–Crippen LogP) is 4.41. The highest BCUT2D eigenvalue weighted by Crippen LogP contribution is 2.33. The normalized spacial score (nSPS) is 10.1. The third kappa shape index (κ3) is 3.20. The van der Waals surface area contributed by atoms with Crippen LogP contribution < -0.4 is 9.47 Å². The van der Waals surface area contributed by atoms with Gasteiger partial charge in [0, 0.05) is 21.2 Å². The average Bonchev–Trinajstić information content (AvgIpc) is 2.32. The molecule has 0 atom stereocenters. The number of pyridine rings is 1. The summed E-state index contributed by atoms with van der Waals surface area (Å²) in [6, 6.07) is 9.21. The summed E-state index contributed by atoms with van der Waals surface area (Å²) in [5.74, 6) is 1.80. The molecule has 3 nitrogen and oxygen atoms in total. The lowest BCUT2D eigenvalue weighted by Gasteiger charge is -2.09. The third-order valence-corrected chi connectivity index (χ3v) is 3.00. The Balaban J connectivity index is 2.28. The summed E-state index contributed by atoms with van der Waals surface area (Å²) >= 11 is 6.71. The van der Waals surface area contributed by atoms with Crippen molar-refractivity contribution < 1.29 is 9.47 Å². The minimum atomic E-state index is 0.518. The Morgan fingerprint density at radius 2 is 1.76 bits per heavy atom. The number of hydrogen-bond donors (Lipinski definition) is 0. The van der Waals surface area contributed by atoms with Gasteiger partial charge in [-0.2, -0.15) is 0 Å². The summed E-state index contributed by atoms with van der Waals surface area (Å²) in [5.41, 5.74) is 0. The Hall–Kier alpha value is -1.07. The van der Waals surface area contributed by atoms with Crippen molar-refractivity contribution in [3.05, 3.63) is 45.5 Å². The molecule has 0 N–H and O–H groups in total. The Morgan fingerprint density at radius 1 is 1.00 bits per heavy atom. The van der Waals surface area contributed by atoms with Crippen LogP contribution >= 0.6 is 31.9 Å². The van der Waals surface area contributed by atoms with Gasteiger partial charge in [0.2, 0.25) is 5.88 Å². The van der Waals surface area contributed by atoms with E-state index < -0.39 is 0 Å². The minimum Gasteiger partial charge on any atom is -0.493 e. The van der Waals surface area contributed by atoms with Gasteiger partial charge in [0.05, 0.1) is 7.11 Å². The first-order chi connectivity index (χ1) is 8.19. The van der Waals surface area contributed by atoms with Gasteiger partial charge in [-0.05, 0) is 40.2 Å². The quantitative estimate of drug-likeness (QED) is 0.814. The molecule has 1 aromatic carbocycles. The van der Waals surface area contributed by atoms with Crippen LogP contribution in [0, 0.1) is 0 Å². The van der Waals surface area contributed by atoms with Gasteiger partial charge < -0.3 is 9.47 Å². The van der Waals surface area contributed by atoms with E-state index in [0.717, 1.165) is 8.95 Å². The zero-order valence-corrected chi connectivity index (χ0v) is 12.2. The van der Waals surface area contributed by atoms with Gasteiger partial charge in [0.1, 0.15) is 0 Å². The second kappa shape index (κ2) is 5.51. The van der Waals surface area contributed by atoms with Crippen LogP contribution in [0.2, 0.25) is 0 Å². The van der Waals surface area contributed by atoms with Gasteiger partial charge in [-0.15, -0.1) is 0 Å². The molecule has 0 aliphatic heterocycles. The zero-order chi connectivity index (χ0) is 12.3. The van der Waals surface area contributed by atoms with E-state index in [9.17, 15) is 0 Å². The number of benzene rings is 1. The zero-order valence-electron chi connectivity index (χ0n) is 8.98. The fraction of sp³-hybridized carbons (Fsp3) is 0.0833. The maximum Gasteiger partial charge on any atom is 0.219 e. The number of ether oxygens (including phenoxy) is 2. The topological polar surface area (TPSA) is 31.4 Å². The van der Waals surface area contributed by atoms with E-state index in [4.69, 9.17) is 9.47 Å². The van der Waals surface area contributed by atoms with Crippen LogP contribution in [0.3, 0.4) is 0 Å². The molecule has 0 radical (unpaired) electrons. The molecule has 0 aliphatic carbocycles. The van der Waals surface area contributed by atoms with E-state index in [0.29, 0.717) is 17.4 Å². The molecule has 1 heterocycles. The lowest BCUT2D eigenvalue weighted by atomic mass is 10.3. The van der Waals surface area contributed by atoms with Crippen molar-refractivity contribution >= 4 is 31.9 Å². The Bertz CT molecular complexity index is 514. The molecule has 0 aliphatic rings. The fourth-order valence-corrected chi connectivity index (χ4v) is 1.84. The van der Waals surface area contributed by atoms with E-state index in [-0.39, 0.29) is 0 Å². The smallest absolute Gasteiger partial charge is 0.219 e. The first-order valence-corrected chi connectivity index (χ1v) is 6.40. The number of methoxy groups -OCH3 is 1. The van der Waals surface area contributed by atoms with E-state index >= 15 is 0 Å². The fourth-order valence-electron chi connectivity index (χ4n) is 1.27. The van der Waals surface area contributed by atoms with Crippen molar-refractivity contribution in [1.82, 2.24) is 4.98 Å². The van der Waals surface area contributed by atoms with Crippen molar-refractivity contribution in [1.29, 1.82) is 0 Å². The Labute approximate surface area is 116 Å². The number of rotatable bonds is 3. The average molecular weight is 359 g/mol. The molecule has 0 amide bonds. The van der Waals surface area contributed by atoms with Crippen LogP contribution in [-0.2, 0) is 0 Å². The molecule has 88 valence electrons. The molecule has 2 rings (SSSR count). The van der Waals surface area contributed by atoms with Gasteiger partial charge in [0.25, 0.3) is 0 Å². The van der Waals surface area contributed by atoms with Gasteiger partial charge in [0.15, 0.2) is 11.5 Å². The van der Waals surface area contributed by atoms with Gasteiger partial charge in [-0.1, -0.05) is 15.9 Å². The van der Waals surface area contributed by atoms with Crippen LogP contribution in [0.25, 0.3) is 0 Å². The van der Waals surface area contributed by atoms with Crippen molar-refractivity contribution in [3.8, 4) is 17.4 Å². The molecule has 1 aromatic heterocycles. The second-order valence-corrected chi connectivity index (χ2v) is 5.04. The highest BCUT2D eigenvalue weighted by molar-refractivity contribution is 9.10. The molecule has 0 bridgehead atoms. The lowest BCUT2D eigenvalue weighted by molar-refractivity contribution is 0.374. The van der Waals surface area contributed by atoms with Crippen LogP contribution in [0.15, 0.2) is 45.5 Å². The van der Waals surface area contributed by atoms with Gasteiger partial charge >= 0.3 is 0 Å². The van der Waals surface area contributed by atoms with Crippen LogP contribution in [0.5, 0.6) is 17.4 Å². The van der Waals surface area contributed by atoms with Crippen LogP contribution in [0.1, 0.15) is 0 Å². The third-order valence-electron chi connectivity index (χ3n) is 2.04. The number of hydrogen-bond acceptors (Lipinski definition) is 3. The standard InChI is InChI=1S/C12H9Br2NO2/c1-16-10-4-2-8(13)6-11(10)17-12-5-3-9(14)7-15-12/h2-7H,1H3. The molecule has 0 fully saturated rings. The van der Waals surface area contributed by atoms with Gasteiger partial charge in [-0.25, -0.2) is 4.98 Å². The van der Waals surface area contributed by atoms with Crippen LogP contribution in [-0.4, -0.2) is 12.1 Å². The van der Waals surface area contributed by atoms with Gasteiger partial charge in [-0.3, -0.25) is 0 Å². The van der Waals surface area contributed by atoms with E-state index in [2.05, 4.69) is 36.8 Å². The Morgan fingerprint density at radius 3 is 2.41 bits per heavy atom. The summed E-state index contributed by atoms with van der Waals surface area (Å²) < 4.78 is 12.7.